The molecule has 4 nitrogen and oxygen atoms in total. The van der Waals surface area contributed by atoms with Crippen LogP contribution < -0.4 is 15.8 Å². The lowest BCUT2D eigenvalue weighted by Crippen LogP contribution is -2.48. The van der Waals surface area contributed by atoms with Crippen molar-refractivity contribution in [1.29, 1.82) is 0 Å². The van der Waals surface area contributed by atoms with Crippen LogP contribution in [0.5, 0.6) is 5.75 Å². The fraction of sp³-hybridized carbons (Fsp3) is 0.278. The summed E-state index contributed by atoms with van der Waals surface area (Å²) < 4.78 is 5.69. The normalized spacial score (nSPS) is 11.0. The van der Waals surface area contributed by atoms with E-state index in [0.29, 0.717) is 13.2 Å². The standard InChI is InChI=1S/C18H22N2O2/c1-18(2,19)17(21)20-12-14-8-10-15(11-9-14)13-22-16-6-4-3-5-7-16/h3-11H,12-13,19H2,1-2H3,(H,20,21). The molecular weight excluding hydrogens is 276 g/mol. The van der Waals surface area contributed by atoms with Crippen molar-refractivity contribution in [1.82, 2.24) is 5.32 Å². The molecule has 2 aromatic carbocycles. The second kappa shape index (κ2) is 7.09. The van der Waals surface area contributed by atoms with Crippen LogP contribution in [0.4, 0.5) is 0 Å². The highest BCUT2D eigenvalue weighted by molar-refractivity contribution is 5.84. The molecule has 2 rings (SSSR count). The zero-order valence-corrected chi connectivity index (χ0v) is 13.0. The number of benzene rings is 2. The maximum atomic E-state index is 11.7. The topological polar surface area (TPSA) is 64.4 Å². The van der Waals surface area contributed by atoms with Crippen molar-refractivity contribution in [2.75, 3.05) is 0 Å². The van der Waals surface area contributed by atoms with Crippen molar-refractivity contribution >= 4 is 5.91 Å². The van der Waals surface area contributed by atoms with Crippen LogP contribution in [0.1, 0.15) is 25.0 Å². The molecule has 0 aliphatic rings. The van der Waals surface area contributed by atoms with E-state index in [1.54, 1.807) is 13.8 Å². The molecule has 0 aliphatic heterocycles. The fourth-order valence-corrected chi connectivity index (χ4v) is 1.85. The molecule has 0 atom stereocenters. The summed E-state index contributed by atoms with van der Waals surface area (Å²) >= 11 is 0. The zero-order valence-electron chi connectivity index (χ0n) is 13.0. The molecule has 0 aromatic heterocycles. The second-order valence-corrected chi connectivity index (χ2v) is 5.82. The zero-order chi connectivity index (χ0) is 16.0. The maximum absolute atomic E-state index is 11.7. The summed E-state index contributed by atoms with van der Waals surface area (Å²) in [5, 5.41) is 2.82. The minimum atomic E-state index is -0.858. The van der Waals surface area contributed by atoms with E-state index in [9.17, 15) is 4.79 Å². The van der Waals surface area contributed by atoms with Crippen LogP contribution in [-0.2, 0) is 17.9 Å². The fourth-order valence-electron chi connectivity index (χ4n) is 1.85. The molecule has 22 heavy (non-hydrogen) atoms. The number of hydrogen-bond donors (Lipinski definition) is 2. The van der Waals surface area contributed by atoms with E-state index in [1.165, 1.54) is 0 Å². The van der Waals surface area contributed by atoms with Crippen LogP contribution in [0, 0.1) is 0 Å². The van der Waals surface area contributed by atoms with E-state index in [4.69, 9.17) is 10.5 Å². The summed E-state index contributed by atoms with van der Waals surface area (Å²) in [6.07, 6.45) is 0. The number of carbonyl (C=O) groups is 1. The summed E-state index contributed by atoms with van der Waals surface area (Å²) in [4.78, 5) is 11.7. The highest BCUT2D eigenvalue weighted by Crippen LogP contribution is 2.12. The minimum absolute atomic E-state index is 0.163. The van der Waals surface area contributed by atoms with Crippen LogP contribution >= 0.6 is 0 Å². The molecule has 0 radical (unpaired) electrons. The first-order valence-corrected chi connectivity index (χ1v) is 7.28. The quantitative estimate of drug-likeness (QED) is 0.861. The third kappa shape index (κ3) is 4.90. The molecule has 116 valence electrons. The van der Waals surface area contributed by atoms with Crippen molar-refractivity contribution in [3.8, 4) is 5.75 Å². The van der Waals surface area contributed by atoms with Crippen molar-refractivity contribution in [3.05, 3.63) is 65.7 Å². The Bertz CT molecular complexity index is 601. The average Bonchev–Trinajstić information content (AvgIpc) is 2.51. The SMILES string of the molecule is CC(C)(N)C(=O)NCc1ccc(COc2ccccc2)cc1. The summed E-state index contributed by atoms with van der Waals surface area (Å²) in [6, 6.07) is 17.7. The van der Waals surface area contributed by atoms with Gasteiger partial charge in [-0.05, 0) is 37.1 Å². The first kappa shape index (κ1) is 16.0. The molecule has 0 fully saturated rings. The summed E-state index contributed by atoms with van der Waals surface area (Å²) in [5.74, 6) is 0.688. The Kier molecular flexibility index (Phi) is 5.17. The Morgan fingerprint density at radius 2 is 1.64 bits per heavy atom. The number of para-hydroxylation sites is 1. The van der Waals surface area contributed by atoms with Gasteiger partial charge in [-0.1, -0.05) is 42.5 Å². The summed E-state index contributed by atoms with van der Waals surface area (Å²) in [6.45, 7) is 4.37. The van der Waals surface area contributed by atoms with Crippen molar-refractivity contribution in [2.24, 2.45) is 5.73 Å². The molecular formula is C18H22N2O2. The average molecular weight is 298 g/mol. The maximum Gasteiger partial charge on any atom is 0.239 e. The first-order chi connectivity index (χ1) is 10.4. The molecule has 3 N–H and O–H groups in total. The van der Waals surface area contributed by atoms with Crippen LogP contribution in [-0.4, -0.2) is 11.4 Å². The van der Waals surface area contributed by atoms with E-state index in [0.717, 1.165) is 16.9 Å². The summed E-state index contributed by atoms with van der Waals surface area (Å²) in [7, 11) is 0. The lowest BCUT2D eigenvalue weighted by Gasteiger charge is -2.17. The Morgan fingerprint density at radius 1 is 1.05 bits per heavy atom. The van der Waals surface area contributed by atoms with Crippen LogP contribution in [0.25, 0.3) is 0 Å². The van der Waals surface area contributed by atoms with Gasteiger partial charge < -0.3 is 15.8 Å². The number of nitrogens with one attached hydrogen (secondary N) is 1. The lowest BCUT2D eigenvalue weighted by molar-refractivity contribution is -0.125. The van der Waals surface area contributed by atoms with Gasteiger partial charge in [0.15, 0.2) is 0 Å². The van der Waals surface area contributed by atoms with E-state index >= 15 is 0 Å². The van der Waals surface area contributed by atoms with Gasteiger partial charge in [0.1, 0.15) is 12.4 Å². The molecule has 1 amide bonds. The summed E-state index contributed by atoms with van der Waals surface area (Å²) in [5.41, 5.74) is 6.99. The monoisotopic (exact) mass is 298 g/mol. The largest absolute Gasteiger partial charge is 0.489 e. The van der Waals surface area contributed by atoms with Crippen molar-refractivity contribution in [3.63, 3.8) is 0 Å². The highest BCUT2D eigenvalue weighted by atomic mass is 16.5. The molecule has 2 aromatic rings. The number of rotatable bonds is 6. The van der Waals surface area contributed by atoms with Crippen molar-refractivity contribution in [2.45, 2.75) is 32.5 Å². The molecule has 0 spiro atoms. The van der Waals surface area contributed by atoms with Crippen LogP contribution in [0.3, 0.4) is 0 Å². The highest BCUT2D eigenvalue weighted by Gasteiger charge is 2.20. The van der Waals surface area contributed by atoms with Gasteiger partial charge in [-0.2, -0.15) is 0 Å². The van der Waals surface area contributed by atoms with Gasteiger partial charge in [0.2, 0.25) is 5.91 Å². The Balaban J connectivity index is 1.84. The van der Waals surface area contributed by atoms with E-state index in [1.807, 2.05) is 54.6 Å². The van der Waals surface area contributed by atoms with E-state index in [2.05, 4.69) is 5.32 Å². The first-order valence-electron chi connectivity index (χ1n) is 7.28. The number of hydrogen-bond acceptors (Lipinski definition) is 3. The van der Waals surface area contributed by atoms with E-state index < -0.39 is 5.54 Å². The smallest absolute Gasteiger partial charge is 0.239 e. The minimum Gasteiger partial charge on any atom is -0.489 e. The molecule has 0 saturated carbocycles. The Morgan fingerprint density at radius 3 is 2.23 bits per heavy atom. The molecule has 0 saturated heterocycles. The van der Waals surface area contributed by atoms with Crippen LogP contribution in [0.15, 0.2) is 54.6 Å². The van der Waals surface area contributed by atoms with Gasteiger partial charge in [-0.25, -0.2) is 0 Å². The number of ether oxygens (including phenoxy) is 1. The molecule has 0 unspecified atom stereocenters. The predicted octanol–water partition coefficient (Wildman–Crippen LogP) is 2.62. The second-order valence-electron chi connectivity index (χ2n) is 5.82. The third-order valence-electron chi connectivity index (χ3n) is 3.21. The molecule has 0 aliphatic carbocycles. The molecule has 0 bridgehead atoms. The van der Waals surface area contributed by atoms with Gasteiger partial charge in [0.05, 0.1) is 5.54 Å². The number of nitrogens with two attached hydrogens (primary N) is 1. The van der Waals surface area contributed by atoms with E-state index in [-0.39, 0.29) is 5.91 Å². The Labute approximate surface area is 131 Å². The van der Waals surface area contributed by atoms with Gasteiger partial charge in [-0.15, -0.1) is 0 Å². The molecule has 4 heteroatoms. The Hall–Kier alpha value is -2.33. The van der Waals surface area contributed by atoms with Gasteiger partial charge in [-0.3, -0.25) is 4.79 Å². The van der Waals surface area contributed by atoms with Gasteiger partial charge in [0, 0.05) is 6.54 Å². The number of carbonyl (C=O) groups excluding carboxylic acids is 1. The molecule has 0 heterocycles. The predicted molar refractivity (Wildman–Crippen MR) is 87.3 cm³/mol. The van der Waals surface area contributed by atoms with Crippen molar-refractivity contribution < 1.29 is 9.53 Å². The third-order valence-corrected chi connectivity index (χ3v) is 3.21. The van der Waals surface area contributed by atoms with Gasteiger partial charge in [0.25, 0.3) is 0 Å². The lowest BCUT2D eigenvalue weighted by atomic mass is 10.1. The van der Waals surface area contributed by atoms with Gasteiger partial charge >= 0.3 is 0 Å². The number of amides is 1. The van der Waals surface area contributed by atoms with Crippen LogP contribution in [0.2, 0.25) is 0 Å².